The van der Waals surface area contributed by atoms with E-state index in [0.29, 0.717) is 10.8 Å². The number of halogens is 1. The molecule has 0 aliphatic carbocycles. The van der Waals surface area contributed by atoms with Crippen LogP contribution in [0.1, 0.15) is 0 Å². The van der Waals surface area contributed by atoms with E-state index in [0.717, 1.165) is 37.4 Å². The summed E-state index contributed by atoms with van der Waals surface area (Å²) in [5.41, 5.74) is 9.96. The van der Waals surface area contributed by atoms with Crippen molar-refractivity contribution in [2.45, 2.75) is 0 Å². The molecule has 0 amide bonds. The van der Waals surface area contributed by atoms with E-state index in [4.69, 9.17) is 17.3 Å². The molecule has 2 N–H and O–H groups in total. The van der Waals surface area contributed by atoms with Crippen molar-refractivity contribution in [3.8, 4) is 10.6 Å². The van der Waals surface area contributed by atoms with E-state index in [1.165, 1.54) is 0 Å². The molecule has 0 atom stereocenters. The van der Waals surface area contributed by atoms with Gasteiger partial charge in [0.25, 0.3) is 0 Å². The minimum Gasteiger partial charge on any atom is -0.383 e. The maximum atomic E-state index is 6.21. The predicted molar refractivity (Wildman–Crippen MR) is 104 cm³/mol. The summed E-state index contributed by atoms with van der Waals surface area (Å²) in [6.07, 6.45) is 0. The highest BCUT2D eigenvalue weighted by Gasteiger charge is 2.12. The Morgan fingerprint density at radius 2 is 1.83 bits per heavy atom. The number of nitrogens with two attached hydrogens (primary N) is 1. The quantitative estimate of drug-likeness (QED) is 0.561. The molecule has 2 aromatic carbocycles. The van der Waals surface area contributed by atoms with Gasteiger partial charge in [-0.15, -0.1) is 11.3 Å². The van der Waals surface area contributed by atoms with Gasteiger partial charge in [-0.3, -0.25) is 0 Å². The van der Waals surface area contributed by atoms with Crippen molar-refractivity contribution in [1.82, 2.24) is 9.97 Å². The first-order valence-electron chi connectivity index (χ1n) is 7.45. The Kier molecular flexibility index (Phi) is 3.55. The molecule has 0 radical (unpaired) electrons. The van der Waals surface area contributed by atoms with E-state index in [9.17, 15) is 0 Å². The van der Waals surface area contributed by atoms with Gasteiger partial charge in [-0.25, -0.2) is 9.97 Å². The molecule has 0 spiro atoms. The van der Waals surface area contributed by atoms with Gasteiger partial charge in [0.05, 0.1) is 21.3 Å². The van der Waals surface area contributed by atoms with Crippen molar-refractivity contribution in [2.75, 3.05) is 24.7 Å². The zero-order valence-corrected chi connectivity index (χ0v) is 14.8. The van der Waals surface area contributed by atoms with E-state index < -0.39 is 0 Å². The Hall–Kier alpha value is -2.37. The lowest BCUT2D eigenvalue weighted by Gasteiger charge is -2.13. The number of hydrogen-bond donors (Lipinski definition) is 1. The smallest absolute Gasteiger partial charge is 0.134 e. The van der Waals surface area contributed by atoms with Crippen LogP contribution in [0.3, 0.4) is 0 Å². The van der Waals surface area contributed by atoms with Gasteiger partial charge in [-0.1, -0.05) is 17.7 Å². The molecular weight excluding hydrogens is 340 g/mol. The van der Waals surface area contributed by atoms with Crippen molar-refractivity contribution in [3.63, 3.8) is 0 Å². The predicted octanol–water partition coefficient (Wildman–Crippen LogP) is 4.81. The zero-order chi connectivity index (χ0) is 16.8. The van der Waals surface area contributed by atoms with Crippen LogP contribution in [-0.2, 0) is 0 Å². The molecule has 0 bridgehead atoms. The number of aromatic nitrogens is 2. The summed E-state index contributed by atoms with van der Waals surface area (Å²) in [7, 11) is 4.01. The molecule has 0 fully saturated rings. The van der Waals surface area contributed by atoms with Gasteiger partial charge in [0.1, 0.15) is 10.8 Å². The maximum absolute atomic E-state index is 6.21. The van der Waals surface area contributed by atoms with Crippen molar-refractivity contribution in [3.05, 3.63) is 47.5 Å². The van der Waals surface area contributed by atoms with Crippen molar-refractivity contribution in [1.29, 1.82) is 0 Å². The summed E-state index contributed by atoms with van der Waals surface area (Å²) in [6, 6.07) is 13.9. The maximum Gasteiger partial charge on any atom is 0.134 e. The Labute approximate surface area is 148 Å². The third-order valence-corrected chi connectivity index (χ3v) is 5.21. The fourth-order valence-electron chi connectivity index (χ4n) is 2.63. The molecule has 0 aliphatic rings. The summed E-state index contributed by atoms with van der Waals surface area (Å²) in [5.74, 6) is 0.489. The van der Waals surface area contributed by atoms with Gasteiger partial charge in [-0.2, -0.15) is 0 Å². The number of rotatable bonds is 2. The van der Waals surface area contributed by atoms with Crippen LogP contribution in [0.15, 0.2) is 42.5 Å². The van der Waals surface area contributed by atoms with E-state index in [-0.39, 0.29) is 0 Å². The minimum atomic E-state index is 0.489. The van der Waals surface area contributed by atoms with Gasteiger partial charge in [0.15, 0.2) is 0 Å². The molecule has 4 rings (SSSR count). The van der Waals surface area contributed by atoms with Crippen LogP contribution in [0, 0.1) is 0 Å². The number of hydrogen-bond acceptors (Lipinski definition) is 5. The average molecular weight is 355 g/mol. The SMILES string of the molecule is CN(C)c1ccc2cc(-c3nc4ccc(Cl)cc4s3)c(N)nc2c1. The average Bonchev–Trinajstić information content (AvgIpc) is 2.96. The molecule has 2 aromatic heterocycles. The number of fused-ring (bicyclic) bond motifs is 2. The Bertz CT molecular complexity index is 1070. The van der Waals surface area contributed by atoms with Gasteiger partial charge in [-0.05, 0) is 36.4 Å². The van der Waals surface area contributed by atoms with Crippen LogP contribution in [0.25, 0.3) is 31.7 Å². The van der Waals surface area contributed by atoms with Gasteiger partial charge < -0.3 is 10.6 Å². The molecule has 4 aromatic rings. The van der Waals surface area contributed by atoms with Crippen LogP contribution < -0.4 is 10.6 Å². The minimum absolute atomic E-state index is 0.489. The lowest BCUT2D eigenvalue weighted by atomic mass is 10.1. The molecule has 120 valence electrons. The van der Waals surface area contributed by atoms with Crippen LogP contribution in [0.5, 0.6) is 0 Å². The van der Waals surface area contributed by atoms with E-state index in [2.05, 4.69) is 28.2 Å². The molecule has 4 nitrogen and oxygen atoms in total. The van der Waals surface area contributed by atoms with Crippen LogP contribution in [-0.4, -0.2) is 24.1 Å². The normalized spacial score (nSPS) is 11.3. The highest BCUT2D eigenvalue weighted by molar-refractivity contribution is 7.21. The number of pyridine rings is 1. The Balaban J connectivity index is 1.88. The number of thiazole rings is 1. The lowest BCUT2D eigenvalue weighted by molar-refractivity contribution is 1.13. The fourth-order valence-corrected chi connectivity index (χ4v) is 3.90. The lowest BCUT2D eigenvalue weighted by Crippen LogP contribution is -2.08. The molecule has 6 heteroatoms. The van der Waals surface area contributed by atoms with Gasteiger partial charge in [0, 0.05) is 30.2 Å². The van der Waals surface area contributed by atoms with E-state index >= 15 is 0 Å². The standard InChI is InChI=1S/C18H15ClN4S/c1-23(2)12-5-3-10-7-13(17(20)21-15(10)9-12)18-22-14-6-4-11(19)8-16(14)24-18/h3-9H,1-2H3,(H2,20,21). The summed E-state index contributed by atoms with van der Waals surface area (Å²) in [5, 5.41) is 2.61. The molecule has 0 saturated carbocycles. The molecular formula is C18H15ClN4S. The van der Waals surface area contributed by atoms with Crippen molar-refractivity contribution in [2.24, 2.45) is 0 Å². The van der Waals surface area contributed by atoms with E-state index in [1.807, 2.05) is 43.3 Å². The first-order valence-corrected chi connectivity index (χ1v) is 8.65. The molecule has 24 heavy (non-hydrogen) atoms. The number of nitrogens with zero attached hydrogens (tertiary/aromatic N) is 3. The van der Waals surface area contributed by atoms with Crippen LogP contribution in [0.2, 0.25) is 5.02 Å². The molecule has 0 unspecified atom stereocenters. The molecule has 2 heterocycles. The van der Waals surface area contributed by atoms with Crippen molar-refractivity contribution >= 4 is 55.6 Å². The molecule has 0 saturated heterocycles. The third kappa shape index (κ3) is 2.56. The number of nitrogen functional groups attached to an aromatic ring is 1. The zero-order valence-electron chi connectivity index (χ0n) is 13.2. The van der Waals surface area contributed by atoms with Crippen LogP contribution >= 0.6 is 22.9 Å². The monoisotopic (exact) mass is 354 g/mol. The van der Waals surface area contributed by atoms with Gasteiger partial charge >= 0.3 is 0 Å². The highest BCUT2D eigenvalue weighted by Crippen LogP contribution is 2.35. The van der Waals surface area contributed by atoms with Gasteiger partial charge in [0.2, 0.25) is 0 Å². The fraction of sp³-hybridized carbons (Fsp3) is 0.111. The summed E-state index contributed by atoms with van der Waals surface area (Å²) in [6.45, 7) is 0. The largest absolute Gasteiger partial charge is 0.383 e. The van der Waals surface area contributed by atoms with Crippen molar-refractivity contribution < 1.29 is 0 Å². The topological polar surface area (TPSA) is 55.0 Å². The Morgan fingerprint density at radius 3 is 2.62 bits per heavy atom. The summed E-state index contributed by atoms with van der Waals surface area (Å²) < 4.78 is 1.04. The second-order valence-corrected chi connectivity index (χ2v) is 7.29. The first-order chi connectivity index (χ1) is 11.5. The summed E-state index contributed by atoms with van der Waals surface area (Å²) >= 11 is 7.63. The second-order valence-electron chi connectivity index (χ2n) is 5.82. The van der Waals surface area contributed by atoms with Crippen LogP contribution in [0.4, 0.5) is 11.5 Å². The van der Waals surface area contributed by atoms with E-state index in [1.54, 1.807) is 11.3 Å². The molecule has 0 aliphatic heterocycles. The number of anilines is 2. The Morgan fingerprint density at radius 1 is 1.00 bits per heavy atom. The third-order valence-electron chi connectivity index (χ3n) is 3.93. The summed E-state index contributed by atoms with van der Waals surface area (Å²) in [4.78, 5) is 11.3. The highest BCUT2D eigenvalue weighted by atomic mass is 35.5. The number of benzene rings is 2. The first kappa shape index (κ1) is 15.2. The second kappa shape index (κ2) is 5.61.